The molecule has 0 saturated carbocycles. The third-order valence-electron chi connectivity index (χ3n) is 3.21. The van der Waals surface area contributed by atoms with Gasteiger partial charge in [0, 0.05) is 18.8 Å². The number of hydrogen-bond acceptors (Lipinski definition) is 3. The minimum Gasteiger partial charge on any atom is -0.395 e. The number of nitrogens with one attached hydrogen (secondary N) is 1. The molecule has 0 bridgehead atoms. The van der Waals surface area contributed by atoms with Gasteiger partial charge < -0.3 is 10.4 Å². The first-order valence-corrected chi connectivity index (χ1v) is 6.65. The number of hydrogen-bond donors (Lipinski definition) is 2. The number of benzene rings is 1. The highest BCUT2D eigenvalue weighted by molar-refractivity contribution is 5.30. The molecule has 0 saturated heterocycles. The van der Waals surface area contributed by atoms with Gasteiger partial charge in [0.05, 0.1) is 18.0 Å². The van der Waals surface area contributed by atoms with Crippen LogP contribution in [0.5, 0.6) is 0 Å². The zero-order chi connectivity index (χ0) is 13.7. The van der Waals surface area contributed by atoms with Crippen molar-refractivity contribution in [2.75, 3.05) is 6.61 Å². The van der Waals surface area contributed by atoms with E-state index in [4.69, 9.17) is 0 Å². The van der Waals surface area contributed by atoms with E-state index in [2.05, 4.69) is 24.3 Å². The lowest BCUT2D eigenvalue weighted by molar-refractivity contribution is 0.209. The molecule has 0 spiro atoms. The molecule has 0 fully saturated rings. The topological polar surface area (TPSA) is 50.1 Å². The van der Waals surface area contributed by atoms with E-state index in [0.29, 0.717) is 12.5 Å². The van der Waals surface area contributed by atoms with Crippen molar-refractivity contribution < 1.29 is 5.11 Å². The summed E-state index contributed by atoms with van der Waals surface area (Å²) in [5.41, 5.74) is 2.03. The molecule has 2 aromatic rings. The maximum atomic E-state index is 9.27. The van der Waals surface area contributed by atoms with Gasteiger partial charge in [0.2, 0.25) is 0 Å². The van der Waals surface area contributed by atoms with Gasteiger partial charge >= 0.3 is 0 Å². The molecule has 0 aliphatic rings. The molecular formula is C15H21N3O. The number of rotatable bonds is 6. The van der Waals surface area contributed by atoms with Crippen LogP contribution in [0.15, 0.2) is 42.6 Å². The average molecular weight is 259 g/mol. The van der Waals surface area contributed by atoms with E-state index in [1.54, 1.807) is 0 Å². The normalized spacial score (nSPS) is 12.8. The third kappa shape index (κ3) is 3.66. The van der Waals surface area contributed by atoms with Crippen molar-refractivity contribution in [2.24, 2.45) is 5.92 Å². The van der Waals surface area contributed by atoms with E-state index in [1.165, 1.54) is 0 Å². The second-order valence-electron chi connectivity index (χ2n) is 5.00. The zero-order valence-electron chi connectivity index (χ0n) is 11.5. The fraction of sp³-hybridized carbons (Fsp3) is 0.400. The highest BCUT2D eigenvalue weighted by atomic mass is 16.3. The Kier molecular flexibility index (Phi) is 4.71. The summed E-state index contributed by atoms with van der Waals surface area (Å²) in [5, 5.41) is 17.1. The molecule has 0 aliphatic carbocycles. The van der Waals surface area contributed by atoms with Crippen molar-refractivity contribution in [1.82, 2.24) is 15.1 Å². The Hall–Kier alpha value is -1.65. The van der Waals surface area contributed by atoms with E-state index in [1.807, 2.05) is 47.3 Å². The zero-order valence-corrected chi connectivity index (χ0v) is 11.5. The summed E-state index contributed by atoms with van der Waals surface area (Å²) in [4.78, 5) is 0. The fourth-order valence-corrected chi connectivity index (χ4v) is 1.93. The quantitative estimate of drug-likeness (QED) is 0.834. The molecule has 2 N–H and O–H groups in total. The Morgan fingerprint density at radius 2 is 1.95 bits per heavy atom. The summed E-state index contributed by atoms with van der Waals surface area (Å²) < 4.78 is 1.86. The number of para-hydroxylation sites is 1. The number of nitrogens with zero attached hydrogens (tertiary/aromatic N) is 2. The van der Waals surface area contributed by atoms with Crippen LogP contribution in [0.2, 0.25) is 0 Å². The van der Waals surface area contributed by atoms with Gasteiger partial charge in [0.15, 0.2) is 0 Å². The lowest BCUT2D eigenvalue weighted by Crippen LogP contribution is -2.36. The first-order chi connectivity index (χ1) is 9.20. The molecule has 19 heavy (non-hydrogen) atoms. The predicted molar refractivity (Wildman–Crippen MR) is 76.1 cm³/mol. The van der Waals surface area contributed by atoms with Crippen molar-refractivity contribution >= 4 is 0 Å². The molecule has 0 radical (unpaired) electrons. The van der Waals surface area contributed by atoms with Crippen LogP contribution >= 0.6 is 0 Å². The van der Waals surface area contributed by atoms with Gasteiger partial charge in [0.25, 0.3) is 0 Å². The third-order valence-corrected chi connectivity index (χ3v) is 3.21. The van der Waals surface area contributed by atoms with Crippen LogP contribution in [-0.4, -0.2) is 27.5 Å². The van der Waals surface area contributed by atoms with Gasteiger partial charge in [-0.25, -0.2) is 4.68 Å². The molecule has 1 atom stereocenters. The monoisotopic (exact) mass is 259 g/mol. The van der Waals surface area contributed by atoms with Gasteiger partial charge in [-0.1, -0.05) is 32.0 Å². The smallest absolute Gasteiger partial charge is 0.0766 e. The van der Waals surface area contributed by atoms with Crippen molar-refractivity contribution in [2.45, 2.75) is 26.4 Å². The van der Waals surface area contributed by atoms with Crippen LogP contribution in [0.1, 0.15) is 19.5 Å². The second-order valence-corrected chi connectivity index (χ2v) is 5.00. The molecule has 4 nitrogen and oxygen atoms in total. The first kappa shape index (κ1) is 13.8. The van der Waals surface area contributed by atoms with Crippen LogP contribution in [0.4, 0.5) is 0 Å². The summed E-state index contributed by atoms with van der Waals surface area (Å²) in [5.74, 6) is 0.404. The molecule has 1 heterocycles. The minimum absolute atomic E-state index is 0.113. The molecular weight excluding hydrogens is 238 g/mol. The molecule has 0 aliphatic heterocycles. The predicted octanol–water partition coefficient (Wildman–Crippen LogP) is 1.98. The van der Waals surface area contributed by atoms with Crippen molar-refractivity contribution in [3.63, 3.8) is 0 Å². The Balaban J connectivity index is 1.98. The maximum Gasteiger partial charge on any atom is 0.0766 e. The van der Waals surface area contributed by atoms with E-state index in [-0.39, 0.29) is 12.6 Å². The lowest BCUT2D eigenvalue weighted by Gasteiger charge is -2.19. The molecule has 0 unspecified atom stereocenters. The van der Waals surface area contributed by atoms with E-state index in [9.17, 15) is 5.11 Å². The largest absolute Gasteiger partial charge is 0.395 e. The highest BCUT2D eigenvalue weighted by Crippen LogP contribution is 2.07. The number of aliphatic hydroxyl groups is 1. The number of aromatic nitrogens is 2. The minimum atomic E-state index is 0.113. The van der Waals surface area contributed by atoms with Crippen LogP contribution in [-0.2, 0) is 6.54 Å². The van der Waals surface area contributed by atoms with E-state index < -0.39 is 0 Å². The molecule has 0 amide bonds. The first-order valence-electron chi connectivity index (χ1n) is 6.65. The summed E-state index contributed by atoms with van der Waals surface area (Å²) in [6, 6.07) is 12.1. The highest BCUT2D eigenvalue weighted by Gasteiger charge is 2.11. The Morgan fingerprint density at radius 1 is 1.21 bits per heavy atom. The van der Waals surface area contributed by atoms with E-state index in [0.717, 1.165) is 11.4 Å². The lowest BCUT2D eigenvalue weighted by atomic mass is 10.1. The average Bonchev–Trinajstić information content (AvgIpc) is 2.89. The fourth-order valence-electron chi connectivity index (χ4n) is 1.93. The maximum absolute atomic E-state index is 9.27. The standard InChI is InChI=1S/C15H21N3O/c1-12(2)15(11-19)16-10-13-8-9-18(17-13)14-6-4-3-5-7-14/h3-9,12,15-16,19H,10-11H2,1-2H3/t15-/m1/s1. The Bertz CT molecular complexity index is 493. The second kappa shape index (κ2) is 6.50. The van der Waals surface area contributed by atoms with Crippen LogP contribution in [0.3, 0.4) is 0 Å². The molecule has 4 heteroatoms. The van der Waals surface area contributed by atoms with E-state index >= 15 is 0 Å². The summed E-state index contributed by atoms with van der Waals surface area (Å²) in [6.45, 7) is 5.01. The van der Waals surface area contributed by atoms with Gasteiger partial charge in [-0.05, 0) is 24.1 Å². The van der Waals surface area contributed by atoms with Crippen molar-refractivity contribution in [3.05, 3.63) is 48.3 Å². The Labute approximate surface area is 114 Å². The van der Waals surface area contributed by atoms with Gasteiger partial charge in [-0.2, -0.15) is 5.10 Å². The van der Waals surface area contributed by atoms with Gasteiger partial charge in [-0.15, -0.1) is 0 Å². The molecule has 102 valence electrons. The van der Waals surface area contributed by atoms with Gasteiger partial charge in [0.1, 0.15) is 0 Å². The SMILES string of the molecule is CC(C)[C@@H](CO)NCc1ccn(-c2ccccc2)n1. The van der Waals surface area contributed by atoms with Crippen LogP contribution in [0, 0.1) is 5.92 Å². The summed E-state index contributed by atoms with van der Waals surface area (Å²) in [6.07, 6.45) is 1.95. The van der Waals surface area contributed by atoms with Crippen LogP contribution in [0.25, 0.3) is 5.69 Å². The molecule has 1 aromatic heterocycles. The van der Waals surface area contributed by atoms with Crippen LogP contribution < -0.4 is 5.32 Å². The molecule has 2 rings (SSSR count). The van der Waals surface area contributed by atoms with Gasteiger partial charge in [-0.3, -0.25) is 0 Å². The number of aliphatic hydroxyl groups excluding tert-OH is 1. The van der Waals surface area contributed by atoms with Crippen molar-refractivity contribution in [3.8, 4) is 5.69 Å². The van der Waals surface area contributed by atoms with Crippen molar-refractivity contribution in [1.29, 1.82) is 0 Å². The molecule has 1 aromatic carbocycles. The summed E-state index contributed by atoms with van der Waals surface area (Å²) in [7, 11) is 0. The summed E-state index contributed by atoms with van der Waals surface area (Å²) >= 11 is 0. The Morgan fingerprint density at radius 3 is 2.58 bits per heavy atom.